The van der Waals surface area contributed by atoms with Gasteiger partial charge in [-0.3, -0.25) is 14.9 Å². The molecule has 1 aromatic heterocycles. The fourth-order valence-electron chi connectivity index (χ4n) is 3.19. The zero-order valence-corrected chi connectivity index (χ0v) is 16.8. The monoisotopic (exact) mass is 414 g/mol. The lowest BCUT2D eigenvalue weighted by molar-refractivity contribution is -0.916. The second kappa shape index (κ2) is 8.89. The number of non-ortho nitro benzene ring substituents is 1. The Kier molecular flexibility index (Phi) is 6.31. The Labute approximate surface area is 173 Å². The number of nitrogens with one attached hydrogen (secondary N) is 2. The molecule has 3 rings (SSSR count). The van der Waals surface area contributed by atoms with Gasteiger partial charge in [0.05, 0.1) is 22.7 Å². The highest BCUT2D eigenvalue weighted by atomic mass is 35.5. The molecule has 8 heteroatoms. The van der Waals surface area contributed by atoms with E-state index in [-0.39, 0.29) is 16.6 Å². The van der Waals surface area contributed by atoms with Crippen LogP contribution in [0.15, 0.2) is 65.1 Å². The van der Waals surface area contributed by atoms with Gasteiger partial charge in [0.15, 0.2) is 11.8 Å². The van der Waals surface area contributed by atoms with E-state index in [1.165, 1.54) is 18.2 Å². The first-order valence-corrected chi connectivity index (χ1v) is 9.40. The van der Waals surface area contributed by atoms with Crippen LogP contribution in [-0.4, -0.2) is 17.9 Å². The minimum atomic E-state index is -0.534. The average molecular weight is 415 g/mol. The topological polar surface area (TPSA) is 89.8 Å². The van der Waals surface area contributed by atoms with Crippen LogP contribution in [0.4, 0.5) is 11.4 Å². The second-order valence-corrected chi connectivity index (χ2v) is 7.20. The van der Waals surface area contributed by atoms with Crippen molar-refractivity contribution in [3.63, 3.8) is 0 Å². The molecule has 0 saturated heterocycles. The minimum absolute atomic E-state index is 0.110. The van der Waals surface area contributed by atoms with Gasteiger partial charge < -0.3 is 14.6 Å². The van der Waals surface area contributed by atoms with E-state index < -0.39 is 11.0 Å². The van der Waals surface area contributed by atoms with Crippen LogP contribution in [0.5, 0.6) is 0 Å². The van der Waals surface area contributed by atoms with E-state index in [9.17, 15) is 14.9 Å². The minimum Gasteiger partial charge on any atom is -0.460 e. The predicted molar refractivity (Wildman–Crippen MR) is 110 cm³/mol. The van der Waals surface area contributed by atoms with Gasteiger partial charge in [0.1, 0.15) is 12.3 Å². The highest BCUT2D eigenvalue weighted by molar-refractivity contribution is 6.34. The lowest BCUT2D eigenvalue weighted by atomic mass is 10.0. The van der Waals surface area contributed by atoms with E-state index in [0.717, 1.165) is 22.0 Å². The Morgan fingerprint density at radius 2 is 1.93 bits per heavy atom. The number of amides is 1. The normalized spacial score (nSPS) is 12.9. The number of hydrogen-bond donors (Lipinski definition) is 2. The van der Waals surface area contributed by atoms with Crippen molar-refractivity contribution in [1.82, 2.24) is 0 Å². The van der Waals surface area contributed by atoms with Crippen molar-refractivity contribution in [2.75, 3.05) is 12.4 Å². The van der Waals surface area contributed by atoms with Crippen molar-refractivity contribution in [1.29, 1.82) is 0 Å². The summed E-state index contributed by atoms with van der Waals surface area (Å²) in [5, 5.41) is 13.8. The molecular formula is C21H21ClN3O4+. The number of halogens is 1. The molecule has 1 heterocycles. The second-order valence-electron chi connectivity index (χ2n) is 6.79. The van der Waals surface area contributed by atoms with Crippen molar-refractivity contribution in [3.8, 4) is 0 Å². The summed E-state index contributed by atoms with van der Waals surface area (Å²) >= 11 is 6.14. The van der Waals surface area contributed by atoms with Gasteiger partial charge in [-0.1, -0.05) is 41.9 Å². The number of likely N-dealkylation sites (N-methyl/N-ethyl adjacent to an activating group) is 1. The summed E-state index contributed by atoms with van der Waals surface area (Å²) in [6, 6.07) is 16.6. The Balaban J connectivity index is 1.85. The number of rotatable bonds is 7. The molecule has 0 aliphatic heterocycles. The number of nitro benzene ring substituents is 1. The summed E-state index contributed by atoms with van der Waals surface area (Å²) in [4.78, 5) is 24.4. The van der Waals surface area contributed by atoms with Gasteiger partial charge in [0.25, 0.3) is 11.6 Å². The number of furan rings is 1. The Morgan fingerprint density at radius 3 is 2.52 bits per heavy atom. The third-order valence-corrected chi connectivity index (χ3v) is 4.87. The van der Waals surface area contributed by atoms with Crippen LogP contribution in [-0.2, 0) is 11.3 Å². The molecule has 0 radical (unpaired) electrons. The van der Waals surface area contributed by atoms with Crippen LogP contribution in [0.3, 0.4) is 0 Å². The molecule has 2 atom stereocenters. The van der Waals surface area contributed by atoms with Crippen molar-refractivity contribution in [3.05, 3.63) is 92.9 Å². The molecule has 1 unspecified atom stereocenters. The Morgan fingerprint density at radius 1 is 1.21 bits per heavy atom. The fourth-order valence-corrected chi connectivity index (χ4v) is 3.41. The molecule has 3 aromatic rings. The van der Waals surface area contributed by atoms with E-state index in [1.807, 2.05) is 56.4 Å². The number of quaternary nitrogens is 1. The molecule has 150 valence electrons. The molecule has 0 fully saturated rings. The number of aryl methyl sites for hydroxylation is 1. The van der Waals surface area contributed by atoms with Gasteiger partial charge in [0.2, 0.25) is 0 Å². The maximum absolute atomic E-state index is 13.2. The molecule has 2 aromatic carbocycles. The van der Waals surface area contributed by atoms with Gasteiger partial charge in [-0.05, 0) is 25.1 Å². The highest BCUT2D eigenvalue weighted by Crippen LogP contribution is 2.27. The number of carbonyl (C=O) groups is 1. The van der Waals surface area contributed by atoms with Crippen molar-refractivity contribution >= 4 is 28.9 Å². The summed E-state index contributed by atoms with van der Waals surface area (Å²) in [6.07, 6.45) is 0. The number of carbonyl (C=O) groups excluding carboxylic acids is 1. The van der Waals surface area contributed by atoms with Gasteiger partial charge in [-0.15, -0.1) is 0 Å². The third-order valence-electron chi connectivity index (χ3n) is 4.56. The predicted octanol–water partition coefficient (Wildman–Crippen LogP) is 3.54. The third kappa shape index (κ3) is 5.01. The molecule has 0 spiro atoms. The Bertz CT molecular complexity index is 1020. The highest BCUT2D eigenvalue weighted by Gasteiger charge is 2.30. The summed E-state index contributed by atoms with van der Waals surface area (Å²) in [6.45, 7) is 2.38. The summed E-state index contributed by atoms with van der Waals surface area (Å²) in [7, 11) is 1.91. The molecule has 29 heavy (non-hydrogen) atoms. The van der Waals surface area contributed by atoms with Crippen molar-refractivity contribution < 1.29 is 19.0 Å². The van der Waals surface area contributed by atoms with Gasteiger partial charge in [-0.2, -0.15) is 0 Å². The van der Waals surface area contributed by atoms with Crippen LogP contribution in [0.1, 0.15) is 23.1 Å². The van der Waals surface area contributed by atoms with E-state index in [4.69, 9.17) is 16.0 Å². The first-order valence-electron chi connectivity index (χ1n) is 9.02. The molecule has 2 N–H and O–H groups in total. The van der Waals surface area contributed by atoms with Crippen LogP contribution in [0.2, 0.25) is 5.02 Å². The molecule has 0 bridgehead atoms. The van der Waals surface area contributed by atoms with Crippen LogP contribution >= 0.6 is 11.6 Å². The fraction of sp³-hybridized carbons (Fsp3) is 0.190. The first-order chi connectivity index (χ1) is 13.8. The van der Waals surface area contributed by atoms with Crippen molar-refractivity contribution in [2.45, 2.75) is 19.5 Å². The first kappa shape index (κ1) is 20.6. The zero-order chi connectivity index (χ0) is 21.0. The van der Waals surface area contributed by atoms with E-state index in [1.54, 1.807) is 0 Å². The molecule has 7 nitrogen and oxygen atoms in total. The average Bonchev–Trinajstić information content (AvgIpc) is 3.09. The Hall–Kier alpha value is -3.16. The number of anilines is 1. The summed E-state index contributed by atoms with van der Waals surface area (Å²) in [5.41, 5.74) is 1.03. The summed E-state index contributed by atoms with van der Waals surface area (Å²) < 4.78 is 5.66. The van der Waals surface area contributed by atoms with Crippen LogP contribution < -0.4 is 10.2 Å². The molecule has 0 aliphatic rings. The zero-order valence-electron chi connectivity index (χ0n) is 16.0. The molecule has 0 aliphatic carbocycles. The van der Waals surface area contributed by atoms with Crippen LogP contribution in [0.25, 0.3) is 0 Å². The summed E-state index contributed by atoms with van der Waals surface area (Å²) in [5.74, 6) is 1.32. The lowest BCUT2D eigenvalue weighted by Crippen LogP contribution is -3.09. The smallest absolute Gasteiger partial charge is 0.287 e. The number of benzene rings is 2. The maximum atomic E-state index is 13.2. The van der Waals surface area contributed by atoms with E-state index >= 15 is 0 Å². The molecule has 1 amide bonds. The van der Waals surface area contributed by atoms with Gasteiger partial charge in [0, 0.05) is 17.7 Å². The quantitative estimate of drug-likeness (QED) is 0.457. The molecule has 0 saturated carbocycles. The van der Waals surface area contributed by atoms with Crippen molar-refractivity contribution in [2.24, 2.45) is 0 Å². The SMILES string of the molecule is Cc1ccc(C[NH+](C)[C@@H](C(=O)Nc2ccc([N+](=O)[O-])cc2Cl)c2ccccc2)o1. The molecular weight excluding hydrogens is 394 g/mol. The number of hydrogen-bond acceptors (Lipinski definition) is 4. The standard InChI is InChI=1S/C21H20ClN3O4/c1-14-8-10-17(29-14)13-24(2)20(15-6-4-3-5-7-15)21(26)23-19-11-9-16(25(27)28)12-18(19)22/h3-12,20H,13H2,1-2H3,(H,23,26)/p+1/t20-/m1/s1. The maximum Gasteiger partial charge on any atom is 0.287 e. The largest absolute Gasteiger partial charge is 0.460 e. The number of nitro groups is 1. The van der Waals surface area contributed by atoms with Gasteiger partial charge >= 0.3 is 0 Å². The number of nitrogens with zero attached hydrogens (tertiary/aromatic N) is 1. The van der Waals surface area contributed by atoms with Crippen LogP contribution in [0, 0.1) is 17.0 Å². The van der Waals surface area contributed by atoms with E-state index in [2.05, 4.69) is 5.32 Å². The van der Waals surface area contributed by atoms with Gasteiger partial charge in [-0.25, -0.2) is 0 Å². The van der Waals surface area contributed by atoms with E-state index in [0.29, 0.717) is 12.2 Å². The lowest BCUT2D eigenvalue weighted by Gasteiger charge is -2.24.